The lowest BCUT2D eigenvalue weighted by molar-refractivity contribution is 0.0622. The maximum atomic E-state index is 9.85. The Kier molecular flexibility index (Phi) is 3.93. The molecule has 1 fully saturated rings. The fourth-order valence-corrected chi connectivity index (χ4v) is 2.11. The zero-order valence-corrected chi connectivity index (χ0v) is 9.48. The van der Waals surface area contributed by atoms with Crippen LogP contribution < -0.4 is 5.73 Å². The average Bonchev–Trinajstić information content (AvgIpc) is 2.54. The van der Waals surface area contributed by atoms with E-state index in [9.17, 15) is 5.11 Å². The van der Waals surface area contributed by atoms with Gasteiger partial charge in [-0.1, -0.05) is 12.1 Å². The number of hydrogen-bond acceptors (Lipinski definition) is 4. The molecule has 88 valence electrons. The van der Waals surface area contributed by atoms with Crippen molar-refractivity contribution in [1.29, 1.82) is 0 Å². The molecule has 0 amide bonds. The van der Waals surface area contributed by atoms with Gasteiger partial charge in [0.1, 0.15) is 5.84 Å². The molecule has 1 heterocycles. The summed E-state index contributed by atoms with van der Waals surface area (Å²) in [6, 6.07) is 0.259. The summed E-state index contributed by atoms with van der Waals surface area (Å²) < 4.78 is 0. The van der Waals surface area contributed by atoms with Crippen molar-refractivity contribution in [3.63, 3.8) is 0 Å². The first-order chi connectivity index (χ1) is 6.98. The van der Waals surface area contributed by atoms with Crippen molar-refractivity contribution in [3.05, 3.63) is 0 Å². The highest BCUT2D eigenvalue weighted by atomic mass is 16.4. The van der Waals surface area contributed by atoms with Crippen molar-refractivity contribution >= 4 is 5.84 Å². The van der Waals surface area contributed by atoms with Crippen molar-refractivity contribution in [1.82, 2.24) is 4.90 Å². The minimum Gasteiger partial charge on any atom is -0.409 e. The topological polar surface area (TPSA) is 82.1 Å². The number of hydrogen-bond donors (Lipinski definition) is 3. The van der Waals surface area contributed by atoms with Gasteiger partial charge in [-0.05, 0) is 19.8 Å². The van der Waals surface area contributed by atoms with Crippen LogP contribution in [0.25, 0.3) is 0 Å². The number of rotatable bonds is 4. The van der Waals surface area contributed by atoms with Crippen molar-refractivity contribution in [2.45, 2.75) is 44.8 Å². The summed E-state index contributed by atoms with van der Waals surface area (Å²) in [6.45, 7) is 5.47. The van der Waals surface area contributed by atoms with E-state index < -0.39 is 5.60 Å². The van der Waals surface area contributed by atoms with Gasteiger partial charge in [0.15, 0.2) is 0 Å². The van der Waals surface area contributed by atoms with Crippen molar-refractivity contribution in [2.24, 2.45) is 10.9 Å². The maximum absolute atomic E-state index is 9.85. The van der Waals surface area contributed by atoms with Gasteiger partial charge in [-0.3, -0.25) is 4.90 Å². The summed E-state index contributed by atoms with van der Waals surface area (Å²) in [5.74, 6) is 0.258. The monoisotopic (exact) mass is 215 g/mol. The highest BCUT2D eigenvalue weighted by Crippen LogP contribution is 2.24. The van der Waals surface area contributed by atoms with E-state index in [1.807, 2.05) is 6.92 Å². The molecule has 4 N–H and O–H groups in total. The van der Waals surface area contributed by atoms with E-state index in [0.717, 1.165) is 19.4 Å². The number of likely N-dealkylation sites (tertiary alicyclic amines) is 1. The van der Waals surface area contributed by atoms with Gasteiger partial charge in [-0.25, -0.2) is 0 Å². The molecule has 0 aliphatic carbocycles. The summed E-state index contributed by atoms with van der Waals surface area (Å²) in [6.07, 6.45) is 2.29. The van der Waals surface area contributed by atoms with Crippen LogP contribution in [0.1, 0.15) is 33.1 Å². The van der Waals surface area contributed by atoms with Crippen LogP contribution in [0.2, 0.25) is 0 Å². The predicted molar refractivity (Wildman–Crippen MR) is 58.9 cm³/mol. The van der Waals surface area contributed by atoms with E-state index >= 15 is 0 Å². The minimum absolute atomic E-state index is 0.258. The highest BCUT2D eigenvalue weighted by molar-refractivity contribution is 5.80. The molecule has 0 radical (unpaired) electrons. The van der Waals surface area contributed by atoms with Crippen molar-refractivity contribution < 1.29 is 10.3 Å². The van der Waals surface area contributed by atoms with Gasteiger partial charge in [0.25, 0.3) is 0 Å². The number of nitrogens with zero attached hydrogens (tertiary/aromatic N) is 2. The first-order valence-electron chi connectivity index (χ1n) is 5.41. The molecule has 0 aromatic rings. The molecular weight excluding hydrogens is 194 g/mol. The summed E-state index contributed by atoms with van der Waals surface area (Å²) in [4.78, 5) is 2.21. The smallest absolute Gasteiger partial charge is 0.140 e. The molecule has 0 aromatic heterocycles. The molecule has 5 heteroatoms. The van der Waals surface area contributed by atoms with Gasteiger partial charge in [0, 0.05) is 25.6 Å². The third-order valence-corrected chi connectivity index (χ3v) is 3.04. The summed E-state index contributed by atoms with van der Waals surface area (Å²) in [5, 5.41) is 21.4. The van der Waals surface area contributed by atoms with Crippen molar-refractivity contribution in [2.75, 3.05) is 13.1 Å². The normalized spacial score (nSPS) is 30.7. The van der Waals surface area contributed by atoms with E-state index in [1.165, 1.54) is 0 Å². The van der Waals surface area contributed by atoms with E-state index in [1.54, 1.807) is 0 Å². The van der Waals surface area contributed by atoms with Crippen LogP contribution in [-0.2, 0) is 0 Å². The van der Waals surface area contributed by atoms with Crippen LogP contribution in [0, 0.1) is 0 Å². The Morgan fingerprint density at radius 1 is 1.67 bits per heavy atom. The van der Waals surface area contributed by atoms with Crippen molar-refractivity contribution in [3.8, 4) is 0 Å². The number of aliphatic hydroxyl groups is 1. The van der Waals surface area contributed by atoms with Gasteiger partial charge in [-0.15, -0.1) is 0 Å². The van der Waals surface area contributed by atoms with E-state index in [0.29, 0.717) is 13.0 Å². The molecule has 2 atom stereocenters. The molecule has 0 saturated carbocycles. The number of oxime groups is 1. The van der Waals surface area contributed by atoms with Crippen LogP contribution in [0.3, 0.4) is 0 Å². The number of β-amino-alcohol motifs (C(OH)–C–C–N with tert-alkyl or cyclic N) is 1. The molecule has 0 bridgehead atoms. The van der Waals surface area contributed by atoms with Gasteiger partial charge in [-0.2, -0.15) is 0 Å². The number of amidine groups is 1. The fourth-order valence-electron chi connectivity index (χ4n) is 2.11. The molecule has 1 saturated heterocycles. The Hall–Kier alpha value is -0.810. The SMILES string of the molecule is CCC(CC(N)=NO)N1CCC(C)(O)C1. The van der Waals surface area contributed by atoms with Gasteiger partial charge < -0.3 is 16.0 Å². The number of nitrogens with two attached hydrogens (primary N) is 1. The second-order valence-corrected chi connectivity index (χ2v) is 4.57. The van der Waals surface area contributed by atoms with Crippen LogP contribution in [0.5, 0.6) is 0 Å². The van der Waals surface area contributed by atoms with Gasteiger partial charge in [0.2, 0.25) is 0 Å². The van der Waals surface area contributed by atoms with Crippen LogP contribution in [-0.4, -0.2) is 45.8 Å². The Balaban J connectivity index is 2.53. The third kappa shape index (κ3) is 3.35. The standard InChI is InChI=1S/C10H21N3O2/c1-3-8(6-9(11)12-15)13-5-4-10(2,14)7-13/h8,14-15H,3-7H2,1-2H3,(H2,11,12). The minimum atomic E-state index is -0.585. The lowest BCUT2D eigenvalue weighted by atomic mass is 10.1. The zero-order valence-electron chi connectivity index (χ0n) is 9.48. The van der Waals surface area contributed by atoms with Crippen LogP contribution in [0.4, 0.5) is 0 Å². The summed E-state index contributed by atoms with van der Waals surface area (Å²) in [5.41, 5.74) is 4.91. The molecule has 15 heavy (non-hydrogen) atoms. The molecule has 5 nitrogen and oxygen atoms in total. The molecule has 1 rings (SSSR count). The van der Waals surface area contributed by atoms with Gasteiger partial charge >= 0.3 is 0 Å². The van der Waals surface area contributed by atoms with E-state index in [4.69, 9.17) is 10.9 Å². The first kappa shape index (κ1) is 12.3. The quantitative estimate of drug-likeness (QED) is 0.274. The van der Waals surface area contributed by atoms with E-state index in [2.05, 4.69) is 17.0 Å². The molecule has 1 aliphatic heterocycles. The molecular formula is C10H21N3O2. The Morgan fingerprint density at radius 3 is 2.73 bits per heavy atom. The van der Waals surface area contributed by atoms with Gasteiger partial charge in [0.05, 0.1) is 5.60 Å². The second-order valence-electron chi connectivity index (χ2n) is 4.57. The largest absolute Gasteiger partial charge is 0.409 e. The fraction of sp³-hybridized carbons (Fsp3) is 0.900. The average molecular weight is 215 g/mol. The Bertz CT molecular complexity index is 241. The second kappa shape index (κ2) is 4.81. The molecule has 0 spiro atoms. The summed E-state index contributed by atoms with van der Waals surface area (Å²) in [7, 11) is 0. The predicted octanol–water partition coefficient (Wildman–Crippen LogP) is 0.358. The van der Waals surface area contributed by atoms with Crippen LogP contribution >= 0.6 is 0 Å². The molecule has 2 unspecified atom stereocenters. The Morgan fingerprint density at radius 2 is 2.33 bits per heavy atom. The lowest BCUT2D eigenvalue weighted by Crippen LogP contribution is -2.39. The lowest BCUT2D eigenvalue weighted by Gasteiger charge is -2.27. The third-order valence-electron chi connectivity index (χ3n) is 3.04. The zero-order chi connectivity index (χ0) is 11.5. The molecule has 1 aliphatic rings. The van der Waals surface area contributed by atoms with Crippen LogP contribution in [0.15, 0.2) is 5.16 Å². The maximum Gasteiger partial charge on any atom is 0.140 e. The Labute approximate surface area is 90.6 Å². The highest BCUT2D eigenvalue weighted by Gasteiger charge is 2.34. The molecule has 0 aromatic carbocycles. The van der Waals surface area contributed by atoms with E-state index in [-0.39, 0.29) is 11.9 Å². The first-order valence-corrected chi connectivity index (χ1v) is 5.41. The summed E-state index contributed by atoms with van der Waals surface area (Å²) >= 11 is 0.